The van der Waals surface area contributed by atoms with Crippen LogP contribution in [0.3, 0.4) is 0 Å². The fourth-order valence-corrected chi connectivity index (χ4v) is 3.29. The minimum absolute atomic E-state index is 0.165. The first-order valence-corrected chi connectivity index (χ1v) is 6.77. The molecule has 3 nitrogen and oxygen atoms in total. The van der Waals surface area contributed by atoms with Crippen LogP contribution in [0.4, 0.5) is 0 Å². The second-order valence-corrected chi connectivity index (χ2v) is 5.55. The van der Waals surface area contributed by atoms with Gasteiger partial charge in [-0.05, 0) is 39.7 Å². The Hall–Kier alpha value is -0.120. The second-order valence-electron chi connectivity index (χ2n) is 5.55. The Labute approximate surface area is 99.4 Å². The highest BCUT2D eigenvalue weighted by Gasteiger charge is 2.36. The summed E-state index contributed by atoms with van der Waals surface area (Å²) in [5, 5.41) is 9.95. The first-order valence-electron chi connectivity index (χ1n) is 6.77. The molecule has 2 aliphatic rings. The Morgan fingerprint density at radius 1 is 1.25 bits per heavy atom. The van der Waals surface area contributed by atoms with Crippen molar-refractivity contribution in [3.05, 3.63) is 0 Å². The van der Waals surface area contributed by atoms with Gasteiger partial charge in [0.05, 0.1) is 6.10 Å². The lowest BCUT2D eigenvalue weighted by Gasteiger charge is -2.33. The molecule has 0 saturated carbocycles. The molecule has 3 heteroatoms. The van der Waals surface area contributed by atoms with Crippen LogP contribution in [-0.2, 0) is 0 Å². The second kappa shape index (κ2) is 5.03. The molecule has 0 aromatic carbocycles. The van der Waals surface area contributed by atoms with E-state index in [2.05, 4.69) is 30.7 Å². The van der Waals surface area contributed by atoms with E-state index < -0.39 is 0 Å². The third kappa shape index (κ3) is 2.27. The van der Waals surface area contributed by atoms with Gasteiger partial charge in [-0.2, -0.15) is 0 Å². The molecular formula is C13H26N2O. The van der Waals surface area contributed by atoms with Crippen molar-refractivity contribution in [1.82, 2.24) is 9.80 Å². The van der Waals surface area contributed by atoms with Crippen LogP contribution in [-0.4, -0.2) is 59.3 Å². The summed E-state index contributed by atoms with van der Waals surface area (Å²) >= 11 is 0. The van der Waals surface area contributed by atoms with Crippen LogP contribution < -0.4 is 0 Å². The van der Waals surface area contributed by atoms with Gasteiger partial charge in [0.15, 0.2) is 0 Å². The molecule has 0 amide bonds. The lowest BCUT2D eigenvalue weighted by atomic mass is 10.0. The van der Waals surface area contributed by atoms with Gasteiger partial charge in [-0.3, -0.25) is 9.80 Å². The number of nitrogens with zero attached hydrogens (tertiary/aromatic N) is 2. The standard InChI is InChI=1S/C13H26N2O/c1-4-13(16)10(2)15-8-7-11-5-6-12(9-15)14(11)3/h10-13,16H,4-9H2,1-3H3. The smallest absolute Gasteiger partial charge is 0.0690 e. The zero-order chi connectivity index (χ0) is 11.7. The zero-order valence-corrected chi connectivity index (χ0v) is 10.9. The zero-order valence-electron chi connectivity index (χ0n) is 10.9. The summed E-state index contributed by atoms with van der Waals surface area (Å²) in [7, 11) is 2.27. The fraction of sp³-hybridized carbons (Fsp3) is 1.00. The molecule has 0 aromatic heterocycles. The van der Waals surface area contributed by atoms with Gasteiger partial charge >= 0.3 is 0 Å². The number of fused-ring (bicyclic) bond motifs is 2. The number of hydrogen-bond acceptors (Lipinski definition) is 3. The van der Waals surface area contributed by atoms with Gasteiger partial charge in [-0.25, -0.2) is 0 Å². The molecule has 2 saturated heterocycles. The quantitative estimate of drug-likeness (QED) is 0.786. The average Bonchev–Trinajstić information content (AvgIpc) is 2.51. The van der Waals surface area contributed by atoms with E-state index in [9.17, 15) is 5.11 Å². The molecule has 2 bridgehead atoms. The first-order chi connectivity index (χ1) is 7.63. The highest BCUT2D eigenvalue weighted by atomic mass is 16.3. The number of hydrogen-bond donors (Lipinski definition) is 1. The summed E-state index contributed by atoms with van der Waals surface area (Å²) in [4.78, 5) is 5.06. The minimum Gasteiger partial charge on any atom is -0.392 e. The molecule has 2 heterocycles. The summed E-state index contributed by atoms with van der Waals surface area (Å²) in [6.07, 6.45) is 4.68. The van der Waals surface area contributed by atoms with Gasteiger partial charge in [0.25, 0.3) is 0 Å². The van der Waals surface area contributed by atoms with Crippen molar-refractivity contribution in [2.75, 3.05) is 20.1 Å². The number of likely N-dealkylation sites (N-methyl/N-ethyl adjacent to an activating group) is 1. The van der Waals surface area contributed by atoms with Crippen molar-refractivity contribution in [3.8, 4) is 0 Å². The Balaban J connectivity index is 1.98. The fourth-order valence-electron chi connectivity index (χ4n) is 3.29. The molecule has 1 N–H and O–H groups in total. The van der Waals surface area contributed by atoms with E-state index in [0.717, 1.165) is 31.6 Å². The van der Waals surface area contributed by atoms with Gasteiger partial charge in [-0.1, -0.05) is 6.92 Å². The van der Waals surface area contributed by atoms with Gasteiger partial charge in [0.2, 0.25) is 0 Å². The molecule has 2 fully saturated rings. The van der Waals surface area contributed by atoms with Crippen LogP contribution in [0.1, 0.15) is 39.5 Å². The monoisotopic (exact) mass is 226 g/mol. The predicted octanol–water partition coefficient (Wildman–Crippen LogP) is 1.31. The Morgan fingerprint density at radius 2 is 1.94 bits per heavy atom. The summed E-state index contributed by atoms with van der Waals surface area (Å²) < 4.78 is 0. The van der Waals surface area contributed by atoms with E-state index in [1.807, 2.05) is 0 Å². The Bertz CT molecular complexity index is 234. The molecule has 4 atom stereocenters. The molecule has 2 rings (SSSR count). The van der Waals surface area contributed by atoms with E-state index in [-0.39, 0.29) is 6.10 Å². The molecular weight excluding hydrogens is 200 g/mol. The summed E-state index contributed by atoms with van der Waals surface area (Å²) in [5.74, 6) is 0. The van der Waals surface area contributed by atoms with E-state index in [1.165, 1.54) is 19.3 Å². The van der Waals surface area contributed by atoms with Crippen molar-refractivity contribution < 1.29 is 5.11 Å². The van der Waals surface area contributed by atoms with Gasteiger partial charge in [-0.15, -0.1) is 0 Å². The highest BCUT2D eigenvalue weighted by Crippen LogP contribution is 2.29. The maximum absolute atomic E-state index is 9.95. The SMILES string of the molecule is CCC(O)C(C)N1CCC2CCC(C1)N2C. The third-order valence-electron chi connectivity index (χ3n) is 4.73. The highest BCUT2D eigenvalue weighted by molar-refractivity contribution is 4.92. The topological polar surface area (TPSA) is 26.7 Å². The van der Waals surface area contributed by atoms with Gasteiger partial charge in [0, 0.05) is 31.2 Å². The van der Waals surface area contributed by atoms with E-state index in [4.69, 9.17) is 0 Å². The molecule has 0 aromatic rings. The number of aliphatic hydroxyl groups excluding tert-OH is 1. The minimum atomic E-state index is -0.165. The van der Waals surface area contributed by atoms with Crippen LogP contribution in [0.15, 0.2) is 0 Å². The summed E-state index contributed by atoms with van der Waals surface area (Å²) in [6.45, 7) is 6.54. The van der Waals surface area contributed by atoms with Crippen molar-refractivity contribution in [1.29, 1.82) is 0 Å². The van der Waals surface area contributed by atoms with Crippen molar-refractivity contribution in [2.45, 2.75) is 63.8 Å². The largest absolute Gasteiger partial charge is 0.392 e. The molecule has 0 spiro atoms. The Morgan fingerprint density at radius 3 is 2.62 bits per heavy atom. The lowest BCUT2D eigenvalue weighted by Crippen LogP contribution is -2.45. The maximum Gasteiger partial charge on any atom is 0.0690 e. The van der Waals surface area contributed by atoms with Gasteiger partial charge in [0.1, 0.15) is 0 Å². The average molecular weight is 226 g/mol. The molecule has 2 aliphatic heterocycles. The molecule has 0 aliphatic carbocycles. The van der Waals surface area contributed by atoms with E-state index in [0.29, 0.717) is 6.04 Å². The van der Waals surface area contributed by atoms with Crippen LogP contribution in [0.5, 0.6) is 0 Å². The van der Waals surface area contributed by atoms with Gasteiger partial charge < -0.3 is 5.11 Å². The molecule has 0 radical (unpaired) electrons. The molecule has 16 heavy (non-hydrogen) atoms. The van der Waals surface area contributed by atoms with Crippen LogP contribution in [0, 0.1) is 0 Å². The van der Waals surface area contributed by atoms with E-state index in [1.54, 1.807) is 0 Å². The maximum atomic E-state index is 9.95. The van der Waals surface area contributed by atoms with Crippen molar-refractivity contribution >= 4 is 0 Å². The summed E-state index contributed by atoms with van der Waals surface area (Å²) in [6, 6.07) is 1.83. The normalized spacial score (nSPS) is 36.0. The number of rotatable bonds is 3. The van der Waals surface area contributed by atoms with Crippen LogP contribution in [0.25, 0.3) is 0 Å². The van der Waals surface area contributed by atoms with Crippen LogP contribution >= 0.6 is 0 Å². The Kier molecular flexibility index (Phi) is 3.88. The number of likely N-dealkylation sites (tertiary alicyclic amines) is 1. The third-order valence-corrected chi connectivity index (χ3v) is 4.73. The molecule has 94 valence electrons. The van der Waals surface area contributed by atoms with Crippen molar-refractivity contribution in [3.63, 3.8) is 0 Å². The number of aliphatic hydroxyl groups is 1. The van der Waals surface area contributed by atoms with E-state index >= 15 is 0 Å². The summed E-state index contributed by atoms with van der Waals surface area (Å²) in [5.41, 5.74) is 0. The predicted molar refractivity (Wildman–Crippen MR) is 66.5 cm³/mol. The molecule has 4 unspecified atom stereocenters. The van der Waals surface area contributed by atoms with Crippen molar-refractivity contribution in [2.24, 2.45) is 0 Å². The van der Waals surface area contributed by atoms with Crippen LogP contribution in [0.2, 0.25) is 0 Å². The first kappa shape index (κ1) is 12.3. The lowest BCUT2D eigenvalue weighted by molar-refractivity contribution is 0.0510.